The molecule has 1 heterocycles. The third kappa shape index (κ3) is 0.850. The summed E-state index contributed by atoms with van der Waals surface area (Å²) in [6, 6.07) is 0.426. The summed E-state index contributed by atoms with van der Waals surface area (Å²) in [5, 5.41) is 0. The van der Waals surface area contributed by atoms with Crippen LogP contribution in [0.1, 0.15) is 12.8 Å². The lowest BCUT2D eigenvalue weighted by molar-refractivity contribution is 0.366. The Morgan fingerprint density at radius 2 is 2.50 bits per heavy atom. The summed E-state index contributed by atoms with van der Waals surface area (Å²) in [6.07, 6.45) is 7.69. The Labute approximate surface area is 50.7 Å². The van der Waals surface area contributed by atoms with Gasteiger partial charge in [-0.15, -0.1) is 6.42 Å². The van der Waals surface area contributed by atoms with E-state index in [2.05, 4.69) is 17.9 Å². The molecule has 0 N–H and O–H groups in total. The summed E-state index contributed by atoms with van der Waals surface area (Å²) in [6.45, 7) is 1.18. The largest absolute Gasteiger partial charge is 0.293 e. The van der Waals surface area contributed by atoms with Crippen LogP contribution in [0, 0.1) is 12.3 Å². The number of likely N-dealkylation sites (tertiary alicyclic amines) is 1. The number of hydrogen-bond donors (Lipinski definition) is 0. The molecule has 1 atom stereocenters. The van der Waals surface area contributed by atoms with E-state index in [0.29, 0.717) is 6.04 Å². The summed E-state index contributed by atoms with van der Waals surface area (Å²) < 4.78 is 0. The van der Waals surface area contributed by atoms with Crippen molar-refractivity contribution in [1.82, 2.24) is 4.90 Å². The summed E-state index contributed by atoms with van der Waals surface area (Å²) in [5.41, 5.74) is 0. The van der Waals surface area contributed by atoms with Gasteiger partial charge in [-0.05, 0) is 26.4 Å². The Hall–Kier alpha value is -0.480. The fraction of sp³-hybridized carbons (Fsp3) is 0.714. The Balaban J connectivity index is 2.45. The molecule has 1 aliphatic heterocycles. The second-order valence-corrected chi connectivity index (χ2v) is 2.31. The third-order valence-electron chi connectivity index (χ3n) is 1.71. The second kappa shape index (κ2) is 2.19. The maximum absolute atomic E-state index is 5.23. The molecule has 0 bridgehead atoms. The molecule has 1 aliphatic rings. The molecule has 44 valence electrons. The van der Waals surface area contributed by atoms with Crippen molar-refractivity contribution >= 4 is 0 Å². The normalized spacial score (nSPS) is 30.2. The first-order valence-electron chi connectivity index (χ1n) is 3.01. The number of rotatable bonds is 0. The molecule has 1 fully saturated rings. The van der Waals surface area contributed by atoms with Crippen molar-refractivity contribution in [1.29, 1.82) is 0 Å². The lowest BCUT2D eigenvalue weighted by atomic mass is 10.2. The van der Waals surface area contributed by atoms with Crippen molar-refractivity contribution in [3.05, 3.63) is 0 Å². The van der Waals surface area contributed by atoms with Crippen LogP contribution in [-0.4, -0.2) is 24.5 Å². The van der Waals surface area contributed by atoms with E-state index in [9.17, 15) is 0 Å². The highest BCUT2D eigenvalue weighted by atomic mass is 15.1. The van der Waals surface area contributed by atoms with Crippen LogP contribution in [0.25, 0.3) is 0 Å². The van der Waals surface area contributed by atoms with Crippen LogP contribution in [0.3, 0.4) is 0 Å². The molecule has 0 amide bonds. The minimum Gasteiger partial charge on any atom is -0.293 e. The summed E-state index contributed by atoms with van der Waals surface area (Å²) >= 11 is 0. The van der Waals surface area contributed by atoms with Crippen molar-refractivity contribution < 1.29 is 0 Å². The molecule has 1 nitrogen and oxygen atoms in total. The number of terminal acetylenes is 1. The van der Waals surface area contributed by atoms with Crippen LogP contribution in [0.4, 0.5) is 0 Å². The fourth-order valence-corrected chi connectivity index (χ4v) is 1.12. The van der Waals surface area contributed by atoms with Crippen molar-refractivity contribution in [3.63, 3.8) is 0 Å². The molecule has 0 aromatic carbocycles. The Morgan fingerprint density at radius 3 is 2.75 bits per heavy atom. The molecule has 0 radical (unpaired) electrons. The molecular weight excluding hydrogens is 98.1 g/mol. The molecule has 0 aromatic heterocycles. The maximum atomic E-state index is 5.23. The van der Waals surface area contributed by atoms with Gasteiger partial charge in [-0.1, -0.05) is 5.92 Å². The predicted octanol–water partition coefficient (Wildman–Crippen LogP) is 0.714. The smallest absolute Gasteiger partial charge is 0.0709 e. The Kier molecular flexibility index (Phi) is 1.55. The van der Waals surface area contributed by atoms with Crippen molar-refractivity contribution in [2.75, 3.05) is 13.6 Å². The third-order valence-corrected chi connectivity index (χ3v) is 1.71. The van der Waals surface area contributed by atoms with E-state index in [1.807, 2.05) is 0 Å². The minimum atomic E-state index is 0.426. The lowest BCUT2D eigenvalue weighted by Crippen LogP contribution is -2.22. The average molecular weight is 109 g/mol. The van der Waals surface area contributed by atoms with Crippen LogP contribution < -0.4 is 0 Å². The molecular formula is C7H11N. The van der Waals surface area contributed by atoms with Gasteiger partial charge < -0.3 is 0 Å². The van der Waals surface area contributed by atoms with Gasteiger partial charge in [0.1, 0.15) is 0 Å². The van der Waals surface area contributed by atoms with Crippen LogP contribution in [-0.2, 0) is 0 Å². The van der Waals surface area contributed by atoms with E-state index in [0.717, 1.165) is 0 Å². The van der Waals surface area contributed by atoms with Gasteiger partial charge in [0, 0.05) is 0 Å². The van der Waals surface area contributed by atoms with Gasteiger partial charge in [0.25, 0.3) is 0 Å². The molecule has 0 saturated carbocycles. The zero-order valence-electron chi connectivity index (χ0n) is 5.22. The quantitative estimate of drug-likeness (QED) is 0.414. The van der Waals surface area contributed by atoms with E-state index in [1.54, 1.807) is 0 Å². The predicted molar refractivity (Wildman–Crippen MR) is 34.5 cm³/mol. The van der Waals surface area contributed by atoms with Crippen molar-refractivity contribution in [2.24, 2.45) is 0 Å². The first kappa shape index (κ1) is 5.65. The maximum Gasteiger partial charge on any atom is 0.0709 e. The van der Waals surface area contributed by atoms with Crippen LogP contribution >= 0.6 is 0 Å². The van der Waals surface area contributed by atoms with E-state index < -0.39 is 0 Å². The molecule has 8 heavy (non-hydrogen) atoms. The second-order valence-electron chi connectivity index (χ2n) is 2.31. The molecule has 1 rings (SSSR count). The first-order valence-corrected chi connectivity index (χ1v) is 3.01. The summed E-state index contributed by atoms with van der Waals surface area (Å²) in [5.74, 6) is 2.74. The Morgan fingerprint density at radius 1 is 1.75 bits per heavy atom. The topological polar surface area (TPSA) is 3.24 Å². The number of hydrogen-bond acceptors (Lipinski definition) is 1. The highest BCUT2D eigenvalue weighted by Crippen LogP contribution is 2.12. The number of nitrogens with zero attached hydrogens (tertiary/aromatic N) is 1. The van der Waals surface area contributed by atoms with E-state index in [4.69, 9.17) is 6.42 Å². The van der Waals surface area contributed by atoms with Crippen molar-refractivity contribution in [3.8, 4) is 12.3 Å². The van der Waals surface area contributed by atoms with Crippen molar-refractivity contribution in [2.45, 2.75) is 18.9 Å². The molecule has 0 aromatic rings. The highest BCUT2D eigenvalue weighted by molar-refractivity contribution is 5.01. The van der Waals surface area contributed by atoms with Gasteiger partial charge >= 0.3 is 0 Å². The average Bonchev–Trinajstić information content (AvgIpc) is 2.14. The first-order chi connectivity index (χ1) is 3.84. The standard InChI is InChI=1S/C7H11N/c1-3-7-5-4-6-8(7)2/h1,7H,4-6H2,2H3/t7-/m0/s1. The molecule has 0 spiro atoms. The monoisotopic (exact) mass is 109 g/mol. The van der Waals surface area contributed by atoms with Crippen LogP contribution in [0.2, 0.25) is 0 Å². The molecule has 0 aliphatic carbocycles. The van der Waals surface area contributed by atoms with Gasteiger partial charge in [-0.2, -0.15) is 0 Å². The van der Waals surface area contributed by atoms with Gasteiger partial charge in [-0.3, -0.25) is 4.90 Å². The zero-order valence-corrected chi connectivity index (χ0v) is 5.22. The van der Waals surface area contributed by atoms with Crippen LogP contribution in [0.15, 0.2) is 0 Å². The lowest BCUT2D eigenvalue weighted by Gasteiger charge is -2.11. The highest BCUT2D eigenvalue weighted by Gasteiger charge is 2.17. The SMILES string of the molecule is C#C[C@H]1CCCN1C. The van der Waals surface area contributed by atoms with E-state index in [-0.39, 0.29) is 0 Å². The molecule has 0 unspecified atom stereocenters. The molecule has 1 heteroatoms. The van der Waals surface area contributed by atoms with Gasteiger partial charge in [0.15, 0.2) is 0 Å². The van der Waals surface area contributed by atoms with E-state index in [1.165, 1.54) is 19.4 Å². The van der Waals surface area contributed by atoms with Gasteiger partial charge in [0.2, 0.25) is 0 Å². The minimum absolute atomic E-state index is 0.426. The van der Waals surface area contributed by atoms with E-state index >= 15 is 0 Å². The van der Waals surface area contributed by atoms with Crippen LogP contribution in [0.5, 0.6) is 0 Å². The van der Waals surface area contributed by atoms with Gasteiger partial charge in [-0.25, -0.2) is 0 Å². The Bertz CT molecular complexity index is 112. The van der Waals surface area contributed by atoms with Gasteiger partial charge in [0.05, 0.1) is 6.04 Å². The zero-order chi connectivity index (χ0) is 5.98. The summed E-state index contributed by atoms with van der Waals surface area (Å²) in [7, 11) is 2.08. The summed E-state index contributed by atoms with van der Waals surface area (Å²) in [4.78, 5) is 2.22. The fourth-order valence-electron chi connectivity index (χ4n) is 1.12. The molecule has 1 saturated heterocycles.